The molecule has 1 nitrogen and oxygen atoms in total. The smallest absolute Gasteiger partial charge is 0.0640 e. The quantitative estimate of drug-likeness (QED) is 0.171. The maximum atomic E-state index is 2.46. The highest BCUT2D eigenvalue weighted by Gasteiger charge is 2.20. The second-order valence-corrected chi connectivity index (χ2v) is 16.5. The van der Waals surface area contributed by atoms with E-state index in [4.69, 9.17) is 0 Å². The van der Waals surface area contributed by atoms with E-state index in [2.05, 4.69) is 181 Å². The van der Waals surface area contributed by atoms with Crippen molar-refractivity contribution in [2.45, 2.75) is 0 Å². The molecule has 3 aromatic heterocycles. The average Bonchev–Trinajstić information content (AvgIpc) is 3.90. The lowest BCUT2D eigenvalue weighted by Gasteiger charge is -2.26. The van der Waals surface area contributed by atoms with E-state index in [0.29, 0.717) is 0 Å². The van der Waals surface area contributed by atoms with Gasteiger partial charge in [0.05, 0.1) is 10.4 Å². The molecule has 0 amide bonds. The number of rotatable bonds is 5. The number of thiophene rings is 3. The van der Waals surface area contributed by atoms with E-state index >= 15 is 0 Å². The minimum Gasteiger partial charge on any atom is -0.309 e. The van der Waals surface area contributed by atoms with Crippen molar-refractivity contribution >= 4 is 112 Å². The lowest BCUT2D eigenvalue weighted by Crippen LogP contribution is -2.10. The molecule has 0 saturated heterocycles. The van der Waals surface area contributed by atoms with Crippen molar-refractivity contribution in [3.63, 3.8) is 0 Å². The molecule has 0 spiro atoms. The predicted molar refractivity (Wildman–Crippen MR) is 231 cm³/mol. The molecule has 0 radical (unpaired) electrons. The molecule has 11 rings (SSSR count). The van der Waals surface area contributed by atoms with Crippen LogP contribution in [0.4, 0.5) is 17.1 Å². The first-order chi connectivity index (χ1) is 25.8. The molecular weight excluding hydrogens is 687 g/mol. The SMILES string of the molecule is c1ccc(-c2cccc3c2sc2c(N(c4ccc(-c5ccc6c(c5)sc5ccccc56)cc4)c4ccc5sc6ccccc6c5c4)cccc23)cc1. The fourth-order valence-corrected chi connectivity index (χ4v) is 11.4. The molecule has 0 saturated carbocycles. The van der Waals surface area contributed by atoms with Crippen molar-refractivity contribution in [3.05, 3.63) is 176 Å². The third-order valence-electron chi connectivity index (χ3n) is 10.3. The predicted octanol–water partition coefficient (Wildman–Crippen LogP) is 15.6. The summed E-state index contributed by atoms with van der Waals surface area (Å²) in [5, 5.41) is 7.86. The second-order valence-electron chi connectivity index (χ2n) is 13.3. The van der Waals surface area contributed by atoms with Crippen LogP contribution in [-0.4, -0.2) is 0 Å². The summed E-state index contributed by atoms with van der Waals surface area (Å²) in [5.41, 5.74) is 8.47. The maximum Gasteiger partial charge on any atom is 0.0640 e. The summed E-state index contributed by atoms with van der Waals surface area (Å²) >= 11 is 5.64. The van der Waals surface area contributed by atoms with Crippen molar-refractivity contribution in [3.8, 4) is 22.3 Å². The van der Waals surface area contributed by atoms with Crippen LogP contribution < -0.4 is 4.90 Å². The van der Waals surface area contributed by atoms with Crippen molar-refractivity contribution in [1.29, 1.82) is 0 Å². The summed E-state index contributed by atoms with van der Waals surface area (Å²) in [6, 6.07) is 64.8. The van der Waals surface area contributed by atoms with E-state index in [-0.39, 0.29) is 0 Å². The van der Waals surface area contributed by atoms with Crippen LogP contribution in [0, 0.1) is 0 Å². The van der Waals surface area contributed by atoms with Crippen LogP contribution in [0.15, 0.2) is 176 Å². The maximum absolute atomic E-state index is 2.46. The van der Waals surface area contributed by atoms with Gasteiger partial charge < -0.3 is 4.90 Å². The van der Waals surface area contributed by atoms with Gasteiger partial charge in [0, 0.05) is 67.2 Å². The Morgan fingerprint density at radius 3 is 1.71 bits per heavy atom. The van der Waals surface area contributed by atoms with Gasteiger partial charge in [0.25, 0.3) is 0 Å². The second kappa shape index (κ2) is 11.9. The van der Waals surface area contributed by atoms with Crippen LogP contribution in [0.25, 0.3) is 82.8 Å². The van der Waals surface area contributed by atoms with Gasteiger partial charge in [-0.15, -0.1) is 34.0 Å². The number of hydrogen-bond acceptors (Lipinski definition) is 4. The standard InChI is InChI=1S/C48H29NS3/c1-2-10-31(11-3-1)35-14-8-15-39-40-16-9-17-42(48(40)52-47(35)39)49(34-25-27-45-41(29-34)37-13-5-7-19-44(37)50-45)33-23-20-30(21-24-33)32-22-26-38-36-12-4-6-18-43(36)51-46(38)28-32/h1-29H. The van der Waals surface area contributed by atoms with Gasteiger partial charge in [-0.3, -0.25) is 0 Å². The first kappa shape index (κ1) is 29.9. The minimum absolute atomic E-state index is 1.14. The molecule has 0 N–H and O–H groups in total. The number of anilines is 3. The molecule has 11 aromatic rings. The Morgan fingerprint density at radius 1 is 0.308 bits per heavy atom. The zero-order valence-electron chi connectivity index (χ0n) is 27.9. The van der Waals surface area contributed by atoms with Crippen molar-refractivity contribution in [2.75, 3.05) is 4.90 Å². The van der Waals surface area contributed by atoms with E-state index in [1.807, 2.05) is 34.0 Å². The van der Waals surface area contributed by atoms with Gasteiger partial charge in [-0.1, -0.05) is 121 Å². The Labute approximate surface area is 312 Å². The van der Waals surface area contributed by atoms with E-state index in [1.165, 1.54) is 88.5 Å². The number of hydrogen-bond donors (Lipinski definition) is 0. The summed E-state index contributed by atoms with van der Waals surface area (Å²) in [7, 11) is 0. The average molecular weight is 716 g/mol. The highest BCUT2D eigenvalue weighted by molar-refractivity contribution is 7.27. The Bertz CT molecular complexity index is 3130. The van der Waals surface area contributed by atoms with Crippen molar-refractivity contribution in [1.82, 2.24) is 0 Å². The Kier molecular flexibility index (Phi) is 6.84. The Balaban J connectivity index is 1.10. The number of fused-ring (bicyclic) bond motifs is 9. The topological polar surface area (TPSA) is 3.24 Å². The number of benzene rings is 8. The van der Waals surface area contributed by atoms with Gasteiger partial charge in [0.15, 0.2) is 0 Å². The van der Waals surface area contributed by atoms with Crippen LogP contribution in [0.3, 0.4) is 0 Å². The zero-order valence-corrected chi connectivity index (χ0v) is 30.4. The van der Waals surface area contributed by atoms with Gasteiger partial charge in [-0.2, -0.15) is 0 Å². The van der Waals surface area contributed by atoms with E-state index in [0.717, 1.165) is 11.4 Å². The lowest BCUT2D eigenvalue weighted by atomic mass is 10.0. The summed E-state index contributed by atoms with van der Waals surface area (Å²) in [5.74, 6) is 0. The van der Waals surface area contributed by atoms with Crippen LogP contribution in [-0.2, 0) is 0 Å². The van der Waals surface area contributed by atoms with Crippen molar-refractivity contribution in [2.24, 2.45) is 0 Å². The molecule has 0 atom stereocenters. The fraction of sp³-hybridized carbons (Fsp3) is 0. The Hall–Kier alpha value is -5.78. The third-order valence-corrected chi connectivity index (χ3v) is 13.8. The molecule has 0 aliphatic rings. The largest absolute Gasteiger partial charge is 0.309 e. The molecule has 0 bridgehead atoms. The molecule has 52 heavy (non-hydrogen) atoms. The van der Waals surface area contributed by atoms with Crippen molar-refractivity contribution < 1.29 is 0 Å². The molecular formula is C48H29NS3. The number of nitrogens with zero attached hydrogens (tertiary/aromatic N) is 1. The molecule has 0 aliphatic carbocycles. The molecule has 0 unspecified atom stereocenters. The summed E-state index contributed by atoms with van der Waals surface area (Å²) < 4.78 is 7.90. The monoisotopic (exact) mass is 715 g/mol. The Morgan fingerprint density at radius 2 is 0.904 bits per heavy atom. The van der Waals surface area contributed by atoms with Gasteiger partial charge in [0.2, 0.25) is 0 Å². The third kappa shape index (κ3) is 4.72. The molecule has 244 valence electrons. The molecule has 8 aromatic carbocycles. The summed E-state index contributed by atoms with van der Waals surface area (Å²) in [6.07, 6.45) is 0. The van der Waals surface area contributed by atoms with Crippen LogP contribution in [0.1, 0.15) is 0 Å². The molecule has 0 aliphatic heterocycles. The first-order valence-electron chi connectivity index (χ1n) is 17.5. The fourth-order valence-electron chi connectivity index (χ4n) is 7.82. The van der Waals surface area contributed by atoms with Gasteiger partial charge in [-0.05, 0) is 76.9 Å². The summed E-state index contributed by atoms with van der Waals surface area (Å²) in [4.78, 5) is 2.46. The van der Waals surface area contributed by atoms with Gasteiger partial charge in [0.1, 0.15) is 0 Å². The zero-order chi connectivity index (χ0) is 34.2. The van der Waals surface area contributed by atoms with E-state index in [1.54, 1.807) is 0 Å². The normalized spacial score (nSPS) is 11.8. The van der Waals surface area contributed by atoms with Gasteiger partial charge in [-0.25, -0.2) is 0 Å². The molecule has 3 heterocycles. The van der Waals surface area contributed by atoms with Crippen LogP contribution >= 0.6 is 34.0 Å². The minimum atomic E-state index is 1.14. The molecule has 4 heteroatoms. The van der Waals surface area contributed by atoms with Gasteiger partial charge >= 0.3 is 0 Å². The summed E-state index contributed by atoms with van der Waals surface area (Å²) in [6.45, 7) is 0. The van der Waals surface area contributed by atoms with E-state index in [9.17, 15) is 0 Å². The van der Waals surface area contributed by atoms with E-state index < -0.39 is 0 Å². The van der Waals surface area contributed by atoms with Crippen LogP contribution in [0.5, 0.6) is 0 Å². The molecule has 0 fully saturated rings. The highest BCUT2D eigenvalue weighted by atomic mass is 32.1. The lowest BCUT2D eigenvalue weighted by molar-refractivity contribution is 1.31. The van der Waals surface area contributed by atoms with Crippen LogP contribution in [0.2, 0.25) is 0 Å². The first-order valence-corrected chi connectivity index (χ1v) is 19.9. The highest BCUT2D eigenvalue weighted by Crippen LogP contribution is 2.48.